The summed E-state index contributed by atoms with van der Waals surface area (Å²) in [5.74, 6) is 0.424. The summed E-state index contributed by atoms with van der Waals surface area (Å²) in [6, 6.07) is 9.19. The Balaban J connectivity index is 1.83. The van der Waals surface area contributed by atoms with Gasteiger partial charge in [0.25, 0.3) is 0 Å². The molecule has 19 heavy (non-hydrogen) atoms. The van der Waals surface area contributed by atoms with E-state index in [4.69, 9.17) is 14.7 Å². The van der Waals surface area contributed by atoms with Crippen LogP contribution in [0, 0.1) is 11.3 Å². The van der Waals surface area contributed by atoms with E-state index in [-0.39, 0.29) is 18.4 Å². The van der Waals surface area contributed by atoms with Gasteiger partial charge in [-0.05, 0) is 6.07 Å². The van der Waals surface area contributed by atoms with Crippen LogP contribution < -0.4 is 4.74 Å². The van der Waals surface area contributed by atoms with E-state index in [1.165, 1.54) is 0 Å². The highest BCUT2D eigenvalue weighted by Crippen LogP contribution is 2.35. The quantitative estimate of drug-likeness (QED) is 0.751. The zero-order valence-corrected chi connectivity index (χ0v) is 10.4. The van der Waals surface area contributed by atoms with E-state index < -0.39 is 6.04 Å². The molecule has 0 spiro atoms. The highest BCUT2D eigenvalue weighted by Gasteiger charge is 2.37. The summed E-state index contributed by atoms with van der Waals surface area (Å²) in [7, 11) is 0. The Morgan fingerprint density at radius 1 is 1.37 bits per heavy atom. The molecule has 98 valence electrons. The second kappa shape index (κ2) is 4.90. The third-order valence-electron chi connectivity index (χ3n) is 3.56. The summed E-state index contributed by atoms with van der Waals surface area (Å²) in [6.07, 6.45) is 0. The van der Waals surface area contributed by atoms with Gasteiger partial charge in [-0.15, -0.1) is 0 Å². The van der Waals surface area contributed by atoms with Crippen molar-refractivity contribution in [1.82, 2.24) is 4.90 Å². The normalized spacial score (nSPS) is 25.3. The van der Waals surface area contributed by atoms with Gasteiger partial charge < -0.3 is 14.4 Å². The van der Waals surface area contributed by atoms with Crippen molar-refractivity contribution in [3.05, 3.63) is 29.8 Å². The number of fused-ring (bicyclic) bond motifs is 1. The van der Waals surface area contributed by atoms with Crippen LogP contribution in [-0.2, 0) is 9.53 Å². The van der Waals surface area contributed by atoms with E-state index in [0.717, 1.165) is 11.3 Å². The molecule has 0 N–H and O–H groups in total. The van der Waals surface area contributed by atoms with Gasteiger partial charge in [-0.1, -0.05) is 18.2 Å². The Morgan fingerprint density at radius 3 is 3.05 bits per heavy atom. The minimum absolute atomic E-state index is 0.0419. The Hall–Kier alpha value is -2.06. The lowest BCUT2D eigenvalue weighted by molar-refractivity contribution is -0.139. The molecule has 5 heteroatoms. The van der Waals surface area contributed by atoms with Crippen LogP contribution in [0.15, 0.2) is 24.3 Å². The predicted molar refractivity (Wildman–Crippen MR) is 66.6 cm³/mol. The second-order valence-electron chi connectivity index (χ2n) is 4.65. The number of carbonyl (C=O) groups excluding carboxylic acids is 1. The first-order chi connectivity index (χ1) is 9.31. The van der Waals surface area contributed by atoms with Crippen molar-refractivity contribution in [3.8, 4) is 11.8 Å². The minimum atomic E-state index is -0.492. The van der Waals surface area contributed by atoms with Crippen molar-refractivity contribution in [1.29, 1.82) is 5.26 Å². The van der Waals surface area contributed by atoms with E-state index >= 15 is 0 Å². The average Bonchev–Trinajstić information content (AvgIpc) is 2.90. The number of ether oxygens (including phenoxy) is 2. The molecule has 1 aromatic rings. The number of morpholine rings is 1. The fourth-order valence-electron chi connectivity index (χ4n) is 2.54. The molecule has 0 unspecified atom stereocenters. The number of nitriles is 1. The van der Waals surface area contributed by atoms with Crippen molar-refractivity contribution < 1.29 is 14.3 Å². The molecular weight excluding hydrogens is 244 g/mol. The number of hydrogen-bond donors (Lipinski definition) is 0. The van der Waals surface area contributed by atoms with E-state index in [2.05, 4.69) is 6.07 Å². The van der Waals surface area contributed by atoms with Gasteiger partial charge in [0.2, 0.25) is 5.91 Å². The topological polar surface area (TPSA) is 62.6 Å². The highest BCUT2D eigenvalue weighted by molar-refractivity contribution is 5.86. The zero-order valence-electron chi connectivity index (χ0n) is 10.4. The lowest BCUT2D eigenvalue weighted by Gasteiger charge is -2.32. The van der Waals surface area contributed by atoms with Gasteiger partial charge in [0.05, 0.1) is 19.3 Å². The van der Waals surface area contributed by atoms with Crippen LogP contribution >= 0.6 is 0 Å². The second-order valence-corrected chi connectivity index (χ2v) is 4.65. The number of benzene rings is 1. The summed E-state index contributed by atoms with van der Waals surface area (Å²) >= 11 is 0. The Bertz CT molecular complexity index is 538. The molecule has 0 bridgehead atoms. The van der Waals surface area contributed by atoms with E-state index in [0.29, 0.717) is 19.8 Å². The molecule has 3 rings (SSSR count). The van der Waals surface area contributed by atoms with Gasteiger partial charge in [-0.2, -0.15) is 5.26 Å². The molecule has 1 saturated heterocycles. The highest BCUT2D eigenvalue weighted by atomic mass is 16.5. The summed E-state index contributed by atoms with van der Waals surface area (Å²) < 4.78 is 10.8. The van der Waals surface area contributed by atoms with E-state index in [9.17, 15) is 4.79 Å². The number of amides is 1. The van der Waals surface area contributed by atoms with Crippen LogP contribution in [-0.4, -0.2) is 43.2 Å². The van der Waals surface area contributed by atoms with Crippen LogP contribution in [0.25, 0.3) is 0 Å². The van der Waals surface area contributed by atoms with Gasteiger partial charge in [-0.25, -0.2) is 0 Å². The van der Waals surface area contributed by atoms with Crippen molar-refractivity contribution in [2.45, 2.75) is 12.0 Å². The maximum Gasteiger partial charge on any atom is 0.234 e. The molecule has 2 atom stereocenters. The standard InChI is InChI=1S/C14H14N2O3/c15-7-10-8-18-6-5-16(10)14(17)12-9-19-13-4-2-1-3-11(12)13/h1-4,10,12H,5-6,8-9H2/t10-,12-/m0/s1. The molecular formula is C14H14N2O3. The molecule has 1 aromatic carbocycles. The number of para-hydroxylation sites is 1. The maximum atomic E-state index is 12.6. The SMILES string of the molecule is N#C[C@H]1COCCN1C(=O)[C@H]1COc2ccccc21. The van der Waals surface area contributed by atoms with E-state index in [1.807, 2.05) is 24.3 Å². The van der Waals surface area contributed by atoms with Crippen molar-refractivity contribution in [2.24, 2.45) is 0 Å². The molecule has 0 saturated carbocycles. The third-order valence-corrected chi connectivity index (χ3v) is 3.56. The number of rotatable bonds is 1. The average molecular weight is 258 g/mol. The Labute approximate surface area is 111 Å². The lowest BCUT2D eigenvalue weighted by atomic mass is 9.99. The molecule has 0 radical (unpaired) electrons. The monoisotopic (exact) mass is 258 g/mol. The number of nitrogens with zero attached hydrogens (tertiary/aromatic N) is 2. The first-order valence-corrected chi connectivity index (χ1v) is 6.31. The van der Waals surface area contributed by atoms with Gasteiger partial charge in [-0.3, -0.25) is 4.79 Å². The van der Waals surface area contributed by atoms with E-state index in [1.54, 1.807) is 4.90 Å². The summed E-state index contributed by atoms with van der Waals surface area (Å²) in [4.78, 5) is 14.2. The fraction of sp³-hybridized carbons (Fsp3) is 0.429. The molecule has 0 aromatic heterocycles. The van der Waals surface area contributed by atoms with Crippen molar-refractivity contribution in [2.75, 3.05) is 26.4 Å². The minimum Gasteiger partial charge on any atom is -0.492 e. The third kappa shape index (κ3) is 2.04. The molecule has 1 fully saturated rings. The summed E-state index contributed by atoms with van der Waals surface area (Å²) in [6.45, 7) is 1.60. The Kier molecular flexibility index (Phi) is 3.10. The van der Waals surface area contributed by atoms with Crippen LogP contribution in [0.1, 0.15) is 11.5 Å². The smallest absolute Gasteiger partial charge is 0.234 e. The molecule has 5 nitrogen and oxygen atoms in total. The first-order valence-electron chi connectivity index (χ1n) is 6.31. The lowest BCUT2D eigenvalue weighted by Crippen LogP contribution is -2.49. The zero-order chi connectivity index (χ0) is 13.2. The van der Waals surface area contributed by atoms with Crippen LogP contribution in [0.3, 0.4) is 0 Å². The van der Waals surface area contributed by atoms with Crippen LogP contribution in [0.5, 0.6) is 5.75 Å². The molecule has 0 aliphatic carbocycles. The molecule has 2 aliphatic heterocycles. The van der Waals surface area contributed by atoms with Gasteiger partial charge >= 0.3 is 0 Å². The molecule has 2 aliphatic rings. The molecule has 1 amide bonds. The number of hydrogen-bond acceptors (Lipinski definition) is 4. The van der Waals surface area contributed by atoms with Gasteiger partial charge in [0, 0.05) is 12.1 Å². The van der Waals surface area contributed by atoms with Crippen LogP contribution in [0.2, 0.25) is 0 Å². The fourth-order valence-corrected chi connectivity index (χ4v) is 2.54. The molecule has 2 heterocycles. The maximum absolute atomic E-state index is 12.6. The number of carbonyl (C=O) groups is 1. The first kappa shape index (κ1) is 12.0. The predicted octanol–water partition coefficient (Wildman–Crippen LogP) is 0.914. The van der Waals surface area contributed by atoms with Crippen LogP contribution in [0.4, 0.5) is 0 Å². The van der Waals surface area contributed by atoms with Gasteiger partial charge in [0.15, 0.2) is 0 Å². The van der Waals surface area contributed by atoms with Crippen molar-refractivity contribution >= 4 is 5.91 Å². The summed E-state index contributed by atoms with van der Waals surface area (Å²) in [5.41, 5.74) is 0.913. The summed E-state index contributed by atoms with van der Waals surface area (Å²) in [5, 5.41) is 9.09. The Morgan fingerprint density at radius 2 is 2.21 bits per heavy atom. The van der Waals surface area contributed by atoms with Gasteiger partial charge in [0.1, 0.15) is 24.3 Å². The van der Waals surface area contributed by atoms with Crippen molar-refractivity contribution in [3.63, 3.8) is 0 Å². The largest absolute Gasteiger partial charge is 0.492 e.